The minimum atomic E-state index is -0.524. The molecule has 1 saturated heterocycles. The highest BCUT2D eigenvalue weighted by Crippen LogP contribution is 2.23. The Bertz CT molecular complexity index is 1000. The fraction of sp³-hybridized carbons (Fsp3) is 0.250. The van der Waals surface area contributed by atoms with Crippen molar-refractivity contribution in [3.05, 3.63) is 84.3 Å². The van der Waals surface area contributed by atoms with Crippen molar-refractivity contribution in [1.82, 2.24) is 15.5 Å². The summed E-state index contributed by atoms with van der Waals surface area (Å²) in [5.74, 6) is 1.86. The van der Waals surface area contributed by atoms with Gasteiger partial charge in [-0.25, -0.2) is 0 Å². The van der Waals surface area contributed by atoms with E-state index in [-0.39, 0.29) is 18.2 Å². The smallest absolute Gasteiger partial charge is 0.237 e. The molecule has 3 aromatic rings. The predicted octanol–water partition coefficient (Wildman–Crippen LogP) is 3.08. The van der Waals surface area contributed by atoms with Gasteiger partial charge in [0.05, 0.1) is 25.3 Å². The summed E-state index contributed by atoms with van der Waals surface area (Å²) in [5, 5.41) is 5.68. The SMILES string of the molecule is O=C(CC1C(=O)NCCN1Cc1cccc(Oc2ccccc2)c1)NCc1ccco1. The Balaban J connectivity index is 1.39. The van der Waals surface area contributed by atoms with Gasteiger partial charge in [0.2, 0.25) is 11.8 Å². The molecule has 0 spiro atoms. The van der Waals surface area contributed by atoms with Gasteiger partial charge in [0.15, 0.2) is 0 Å². The third-order valence-electron chi connectivity index (χ3n) is 5.12. The van der Waals surface area contributed by atoms with Crippen molar-refractivity contribution in [2.24, 2.45) is 0 Å². The number of nitrogens with zero attached hydrogens (tertiary/aromatic N) is 1. The number of carbonyl (C=O) groups excluding carboxylic acids is 2. The van der Waals surface area contributed by atoms with Gasteiger partial charge in [-0.1, -0.05) is 30.3 Å². The second kappa shape index (κ2) is 9.95. The summed E-state index contributed by atoms with van der Waals surface area (Å²) in [5.41, 5.74) is 1.02. The van der Waals surface area contributed by atoms with E-state index in [1.54, 1.807) is 18.4 Å². The molecule has 0 bridgehead atoms. The molecule has 7 heteroatoms. The van der Waals surface area contributed by atoms with Crippen molar-refractivity contribution < 1.29 is 18.7 Å². The van der Waals surface area contributed by atoms with Gasteiger partial charge in [0, 0.05) is 19.6 Å². The van der Waals surface area contributed by atoms with Gasteiger partial charge in [0.1, 0.15) is 17.3 Å². The van der Waals surface area contributed by atoms with Crippen LogP contribution >= 0.6 is 0 Å². The number of carbonyl (C=O) groups is 2. The van der Waals surface area contributed by atoms with E-state index in [2.05, 4.69) is 10.6 Å². The Labute approximate surface area is 181 Å². The molecular formula is C24H25N3O4. The third-order valence-corrected chi connectivity index (χ3v) is 5.12. The quantitative estimate of drug-likeness (QED) is 0.586. The van der Waals surface area contributed by atoms with Crippen LogP contribution in [-0.4, -0.2) is 35.8 Å². The summed E-state index contributed by atoms with van der Waals surface area (Å²) in [4.78, 5) is 27.0. The molecule has 1 atom stereocenters. The molecular weight excluding hydrogens is 394 g/mol. The first-order valence-electron chi connectivity index (χ1n) is 10.3. The van der Waals surface area contributed by atoms with Crippen LogP contribution in [0.5, 0.6) is 11.5 Å². The van der Waals surface area contributed by atoms with Crippen molar-refractivity contribution in [1.29, 1.82) is 0 Å². The number of rotatable bonds is 8. The molecule has 1 unspecified atom stereocenters. The standard InChI is InChI=1S/C24H25N3O4/c28-23(26-16-21-10-5-13-30-21)15-22-24(29)25-11-12-27(22)17-18-6-4-9-20(14-18)31-19-7-2-1-3-8-19/h1-10,13-14,22H,11-12,15-17H2,(H,25,29)(H,26,28). The molecule has 1 aliphatic rings. The van der Waals surface area contributed by atoms with Crippen LogP contribution in [-0.2, 0) is 22.7 Å². The molecule has 2 heterocycles. The highest BCUT2D eigenvalue weighted by atomic mass is 16.5. The van der Waals surface area contributed by atoms with Crippen LogP contribution in [0.25, 0.3) is 0 Å². The molecule has 160 valence electrons. The summed E-state index contributed by atoms with van der Waals surface area (Å²) < 4.78 is 11.1. The van der Waals surface area contributed by atoms with Gasteiger partial charge in [-0.05, 0) is 42.0 Å². The third kappa shape index (κ3) is 5.73. The lowest BCUT2D eigenvalue weighted by atomic mass is 10.1. The number of nitrogens with one attached hydrogen (secondary N) is 2. The number of hydrogen-bond acceptors (Lipinski definition) is 5. The van der Waals surface area contributed by atoms with Crippen molar-refractivity contribution in [2.75, 3.05) is 13.1 Å². The maximum Gasteiger partial charge on any atom is 0.237 e. The van der Waals surface area contributed by atoms with E-state index in [4.69, 9.17) is 9.15 Å². The Morgan fingerprint density at radius 1 is 1.10 bits per heavy atom. The zero-order valence-corrected chi connectivity index (χ0v) is 17.1. The summed E-state index contributed by atoms with van der Waals surface area (Å²) in [6, 6.07) is 20.4. The first kappa shape index (κ1) is 20.7. The molecule has 2 N–H and O–H groups in total. The first-order chi connectivity index (χ1) is 15.2. The topological polar surface area (TPSA) is 83.8 Å². The lowest BCUT2D eigenvalue weighted by Gasteiger charge is -2.34. The van der Waals surface area contributed by atoms with E-state index < -0.39 is 6.04 Å². The zero-order valence-electron chi connectivity index (χ0n) is 17.1. The Morgan fingerprint density at radius 3 is 2.74 bits per heavy atom. The van der Waals surface area contributed by atoms with Crippen LogP contribution in [0.1, 0.15) is 17.7 Å². The monoisotopic (exact) mass is 419 g/mol. The van der Waals surface area contributed by atoms with Crippen LogP contribution in [0.2, 0.25) is 0 Å². The minimum Gasteiger partial charge on any atom is -0.467 e. The largest absolute Gasteiger partial charge is 0.467 e. The van der Waals surface area contributed by atoms with Gasteiger partial charge < -0.3 is 19.8 Å². The van der Waals surface area contributed by atoms with Gasteiger partial charge in [-0.15, -0.1) is 0 Å². The summed E-state index contributed by atoms with van der Waals surface area (Å²) in [6.45, 7) is 2.09. The average Bonchev–Trinajstić information content (AvgIpc) is 3.30. The Morgan fingerprint density at radius 2 is 1.94 bits per heavy atom. The predicted molar refractivity (Wildman–Crippen MR) is 115 cm³/mol. The van der Waals surface area contributed by atoms with Crippen LogP contribution in [0.4, 0.5) is 0 Å². The number of piperazine rings is 1. The number of benzene rings is 2. The summed E-state index contributed by atoms with van der Waals surface area (Å²) >= 11 is 0. The Hall–Kier alpha value is -3.58. The van der Waals surface area contributed by atoms with E-state index in [0.29, 0.717) is 31.9 Å². The van der Waals surface area contributed by atoms with Crippen molar-refractivity contribution in [3.63, 3.8) is 0 Å². The van der Waals surface area contributed by atoms with Crippen molar-refractivity contribution >= 4 is 11.8 Å². The van der Waals surface area contributed by atoms with E-state index in [1.165, 1.54) is 0 Å². The molecule has 7 nitrogen and oxygen atoms in total. The van der Waals surface area contributed by atoms with E-state index >= 15 is 0 Å². The Kier molecular flexibility index (Phi) is 6.64. The number of para-hydroxylation sites is 1. The highest BCUT2D eigenvalue weighted by Gasteiger charge is 2.31. The number of ether oxygens (including phenoxy) is 1. The molecule has 1 fully saturated rings. The lowest BCUT2D eigenvalue weighted by Crippen LogP contribution is -2.56. The fourth-order valence-electron chi connectivity index (χ4n) is 3.59. The van der Waals surface area contributed by atoms with Crippen LogP contribution < -0.4 is 15.4 Å². The number of amides is 2. The first-order valence-corrected chi connectivity index (χ1v) is 10.3. The van der Waals surface area contributed by atoms with E-state index in [0.717, 1.165) is 17.1 Å². The van der Waals surface area contributed by atoms with Gasteiger partial charge in [0.25, 0.3) is 0 Å². The second-order valence-electron chi connectivity index (χ2n) is 7.40. The molecule has 2 amide bonds. The average molecular weight is 419 g/mol. The highest BCUT2D eigenvalue weighted by molar-refractivity contribution is 5.88. The molecule has 2 aromatic carbocycles. The fourth-order valence-corrected chi connectivity index (χ4v) is 3.59. The van der Waals surface area contributed by atoms with E-state index in [9.17, 15) is 9.59 Å². The summed E-state index contributed by atoms with van der Waals surface area (Å²) in [6.07, 6.45) is 1.65. The van der Waals surface area contributed by atoms with Crippen molar-refractivity contribution in [2.45, 2.75) is 25.6 Å². The van der Waals surface area contributed by atoms with Gasteiger partial charge >= 0.3 is 0 Å². The molecule has 31 heavy (non-hydrogen) atoms. The maximum atomic E-state index is 12.5. The zero-order chi connectivity index (χ0) is 21.5. The maximum absolute atomic E-state index is 12.5. The summed E-state index contributed by atoms with van der Waals surface area (Å²) in [7, 11) is 0. The van der Waals surface area contributed by atoms with Gasteiger partial charge in [-0.2, -0.15) is 0 Å². The second-order valence-corrected chi connectivity index (χ2v) is 7.40. The van der Waals surface area contributed by atoms with Crippen molar-refractivity contribution in [3.8, 4) is 11.5 Å². The van der Waals surface area contributed by atoms with Crippen LogP contribution in [0, 0.1) is 0 Å². The number of hydrogen-bond donors (Lipinski definition) is 2. The van der Waals surface area contributed by atoms with Gasteiger partial charge in [-0.3, -0.25) is 14.5 Å². The molecule has 0 aliphatic carbocycles. The molecule has 4 rings (SSSR count). The molecule has 0 radical (unpaired) electrons. The normalized spacial score (nSPS) is 16.5. The van der Waals surface area contributed by atoms with E-state index in [1.807, 2.05) is 59.5 Å². The van der Waals surface area contributed by atoms with Crippen LogP contribution in [0.3, 0.4) is 0 Å². The lowest BCUT2D eigenvalue weighted by molar-refractivity contribution is -0.134. The van der Waals surface area contributed by atoms with Crippen LogP contribution in [0.15, 0.2) is 77.4 Å². The molecule has 0 saturated carbocycles. The molecule has 1 aliphatic heterocycles. The molecule has 1 aromatic heterocycles. The minimum absolute atomic E-state index is 0.0900. The number of furan rings is 1.